The fraction of sp³-hybridized carbons (Fsp3) is 0.158. The maximum atomic E-state index is 12.8. The number of methoxy groups -OCH3 is 1. The molecule has 13 nitrogen and oxygen atoms in total. The number of fused-ring (bicyclic) bond motifs is 1. The number of aromatic nitrogens is 1. The Balaban J connectivity index is 2.17. The van der Waals surface area contributed by atoms with Gasteiger partial charge in [0.2, 0.25) is 5.91 Å². The van der Waals surface area contributed by atoms with Crippen molar-refractivity contribution in [2.75, 3.05) is 12.4 Å². The Labute approximate surface area is 188 Å². The average Bonchev–Trinajstić information content (AvgIpc) is 3.08. The van der Waals surface area contributed by atoms with Gasteiger partial charge in [-0.1, -0.05) is 11.3 Å². The summed E-state index contributed by atoms with van der Waals surface area (Å²) in [5.74, 6) is -1.89. The van der Waals surface area contributed by atoms with Crippen molar-refractivity contribution in [2.45, 2.75) is 13.5 Å². The van der Waals surface area contributed by atoms with Gasteiger partial charge in [0.1, 0.15) is 6.54 Å². The lowest BCUT2D eigenvalue weighted by atomic mass is 10.1. The summed E-state index contributed by atoms with van der Waals surface area (Å²) in [5, 5.41) is 24.8. The summed E-state index contributed by atoms with van der Waals surface area (Å²) in [7, 11) is 1.19. The third-order valence-electron chi connectivity index (χ3n) is 4.29. The number of carbonyl (C=O) groups is 3. The molecule has 3 aromatic rings. The Bertz CT molecular complexity index is 1360. The summed E-state index contributed by atoms with van der Waals surface area (Å²) >= 11 is 1.01. The minimum absolute atomic E-state index is 0.0505. The van der Waals surface area contributed by atoms with Crippen molar-refractivity contribution in [3.05, 3.63) is 67.0 Å². The maximum absolute atomic E-state index is 12.8. The zero-order valence-electron chi connectivity index (χ0n) is 17.1. The van der Waals surface area contributed by atoms with Gasteiger partial charge in [-0.3, -0.25) is 34.6 Å². The Hall–Kier alpha value is -4.46. The molecule has 0 unspecified atom stereocenters. The number of rotatable bonds is 6. The first-order valence-electron chi connectivity index (χ1n) is 9.09. The SMILES string of the molecule is COC(=O)Cn1c(=NC(=O)c2cc([N+](=O)[O-])cc([N+](=O)[O-])c2)sc2cc(NC(C)=O)ccc21. The van der Waals surface area contributed by atoms with Gasteiger partial charge in [0.15, 0.2) is 4.80 Å². The zero-order valence-corrected chi connectivity index (χ0v) is 18.0. The lowest BCUT2D eigenvalue weighted by Crippen LogP contribution is -2.22. The molecule has 0 atom stereocenters. The van der Waals surface area contributed by atoms with Crippen molar-refractivity contribution < 1.29 is 29.0 Å². The number of esters is 1. The summed E-state index contributed by atoms with van der Waals surface area (Å²) < 4.78 is 6.66. The molecular formula is C19H15N5O8S. The topological polar surface area (TPSA) is 176 Å². The molecule has 0 spiro atoms. The fourth-order valence-corrected chi connectivity index (χ4v) is 3.93. The van der Waals surface area contributed by atoms with E-state index in [4.69, 9.17) is 0 Å². The highest BCUT2D eigenvalue weighted by Crippen LogP contribution is 2.24. The normalized spacial score (nSPS) is 11.3. The Morgan fingerprint density at radius 2 is 1.73 bits per heavy atom. The standard InChI is InChI=1S/C19H15N5O8S/c1-10(25)20-12-3-4-15-16(7-12)33-19(22(15)9-17(26)32-2)21-18(27)11-5-13(23(28)29)8-14(6-11)24(30)31/h3-8H,9H2,1-2H3,(H,20,25). The summed E-state index contributed by atoms with van der Waals surface area (Å²) in [6.45, 7) is 1.05. The number of nitro groups is 2. The van der Waals surface area contributed by atoms with Gasteiger partial charge in [0, 0.05) is 24.7 Å². The van der Waals surface area contributed by atoms with Crippen LogP contribution in [0.1, 0.15) is 17.3 Å². The lowest BCUT2D eigenvalue weighted by Gasteiger charge is -2.05. The van der Waals surface area contributed by atoms with Crippen LogP contribution in [0, 0.1) is 20.2 Å². The van der Waals surface area contributed by atoms with Crippen molar-refractivity contribution in [1.29, 1.82) is 0 Å². The van der Waals surface area contributed by atoms with Crippen LogP contribution in [0.2, 0.25) is 0 Å². The van der Waals surface area contributed by atoms with E-state index in [2.05, 4.69) is 15.0 Å². The largest absolute Gasteiger partial charge is 0.468 e. The highest BCUT2D eigenvalue weighted by atomic mass is 32.1. The van der Waals surface area contributed by atoms with Crippen molar-refractivity contribution in [3.8, 4) is 0 Å². The Kier molecular flexibility index (Phi) is 6.58. The third-order valence-corrected chi connectivity index (χ3v) is 5.33. The second-order valence-corrected chi connectivity index (χ2v) is 7.59. The third kappa shape index (κ3) is 5.24. The molecule has 0 aliphatic carbocycles. The van der Waals surface area contributed by atoms with Crippen LogP contribution in [0.4, 0.5) is 17.1 Å². The van der Waals surface area contributed by atoms with E-state index in [1.165, 1.54) is 18.6 Å². The highest BCUT2D eigenvalue weighted by Gasteiger charge is 2.20. The molecule has 14 heteroatoms. The number of amides is 2. The number of anilines is 1. The highest BCUT2D eigenvalue weighted by molar-refractivity contribution is 7.16. The van der Waals surface area contributed by atoms with Crippen LogP contribution in [-0.2, 0) is 20.9 Å². The van der Waals surface area contributed by atoms with Gasteiger partial charge in [-0.25, -0.2) is 0 Å². The number of hydrogen-bond acceptors (Lipinski definition) is 9. The van der Waals surface area contributed by atoms with Crippen LogP contribution in [0.5, 0.6) is 0 Å². The molecule has 0 aliphatic heterocycles. The molecule has 1 heterocycles. The van der Waals surface area contributed by atoms with E-state index in [-0.39, 0.29) is 22.8 Å². The molecule has 0 fully saturated rings. The summed E-state index contributed by atoms with van der Waals surface area (Å²) in [4.78, 5) is 60.5. The molecule has 1 N–H and O–H groups in total. The molecular weight excluding hydrogens is 458 g/mol. The molecule has 0 radical (unpaired) electrons. The van der Waals surface area contributed by atoms with Gasteiger partial charge < -0.3 is 14.6 Å². The van der Waals surface area contributed by atoms with Crippen LogP contribution in [0.3, 0.4) is 0 Å². The number of hydrogen-bond donors (Lipinski definition) is 1. The first-order valence-corrected chi connectivity index (χ1v) is 9.91. The molecule has 0 aliphatic rings. The van der Waals surface area contributed by atoms with Gasteiger partial charge >= 0.3 is 5.97 Å². The van der Waals surface area contributed by atoms with Crippen molar-refractivity contribution >= 4 is 56.4 Å². The molecule has 170 valence electrons. The number of thiazole rings is 1. The second kappa shape index (κ2) is 9.35. The molecule has 1 aromatic heterocycles. The average molecular weight is 473 g/mol. The smallest absolute Gasteiger partial charge is 0.325 e. The molecule has 0 saturated heterocycles. The van der Waals surface area contributed by atoms with Crippen molar-refractivity contribution in [1.82, 2.24) is 4.57 Å². The van der Waals surface area contributed by atoms with Gasteiger partial charge in [-0.05, 0) is 18.2 Å². The predicted molar refractivity (Wildman–Crippen MR) is 116 cm³/mol. The number of benzene rings is 2. The summed E-state index contributed by atoms with van der Waals surface area (Å²) in [6.07, 6.45) is 0. The lowest BCUT2D eigenvalue weighted by molar-refractivity contribution is -0.394. The van der Waals surface area contributed by atoms with Crippen LogP contribution in [0.15, 0.2) is 41.4 Å². The van der Waals surface area contributed by atoms with E-state index >= 15 is 0 Å². The second-order valence-electron chi connectivity index (χ2n) is 6.58. The molecule has 33 heavy (non-hydrogen) atoms. The predicted octanol–water partition coefficient (Wildman–Crippen LogP) is 2.39. The van der Waals surface area contributed by atoms with Gasteiger partial charge in [-0.2, -0.15) is 4.99 Å². The number of non-ortho nitro benzene ring substituents is 2. The molecule has 2 amide bonds. The summed E-state index contributed by atoms with van der Waals surface area (Å²) in [5.41, 5.74) is -0.649. The van der Waals surface area contributed by atoms with E-state index in [0.29, 0.717) is 15.9 Å². The monoisotopic (exact) mass is 473 g/mol. The number of nitrogens with zero attached hydrogens (tertiary/aromatic N) is 4. The van der Waals surface area contributed by atoms with E-state index in [1.807, 2.05) is 0 Å². The number of ether oxygens (including phenoxy) is 1. The van der Waals surface area contributed by atoms with Crippen molar-refractivity contribution in [3.63, 3.8) is 0 Å². The molecule has 0 saturated carbocycles. The van der Waals surface area contributed by atoms with Gasteiger partial charge in [0.05, 0.1) is 38.8 Å². The van der Waals surface area contributed by atoms with E-state index in [9.17, 15) is 34.6 Å². The van der Waals surface area contributed by atoms with Gasteiger partial charge in [0.25, 0.3) is 17.3 Å². The number of nitrogens with one attached hydrogen (secondary N) is 1. The Morgan fingerprint density at radius 1 is 1.09 bits per heavy atom. The van der Waals surface area contributed by atoms with Crippen LogP contribution in [0.25, 0.3) is 10.2 Å². The van der Waals surface area contributed by atoms with E-state index in [1.54, 1.807) is 18.2 Å². The minimum Gasteiger partial charge on any atom is -0.468 e. The first-order chi connectivity index (χ1) is 15.6. The minimum atomic E-state index is -0.978. The summed E-state index contributed by atoms with van der Waals surface area (Å²) in [6, 6.07) is 7.33. The maximum Gasteiger partial charge on any atom is 0.325 e. The molecule has 2 aromatic carbocycles. The zero-order chi connectivity index (χ0) is 24.3. The molecule has 0 bridgehead atoms. The van der Waals surface area contributed by atoms with Gasteiger partial charge in [-0.15, -0.1) is 0 Å². The number of carbonyl (C=O) groups excluding carboxylic acids is 3. The Morgan fingerprint density at radius 3 is 2.27 bits per heavy atom. The van der Waals surface area contributed by atoms with Crippen LogP contribution < -0.4 is 10.1 Å². The van der Waals surface area contributed by atoms with E-state index in [0.717, 1.165) is 29.5 Å². The number of nitro benzene ring substituents is 2. The van der Waals surface area contributed by atoms with Crippen LogP contribution >= 0.6 is 11.3 Å². The fourth-order valence-electron chi connectivity index (χ4n) is 2.87. The molecule has 3 rings (SSSR count). The van der Waals surface area contributed by atoms with Crippen molar-refractivity contribution in [2.24, 2.45) is 4.99 Å². The van der Waals surface area contributed by atoms with E-state index < -0.39 is 33.1 Å². The first kappa shape index (κ1) is 23.2. The quantitative estimate of drug-likeness (QED) is 0.322. The van der Waals surface area contributed by atoms with Crippen LogP contribution in [-0.4, -0.2) is 39.3 Å².